The van der Waals surface area contributed by atoms with Gasteiger partial charge in [-0.05, 0) is 36.2 Å². The number of pyridine rings is 1. The van der Waals surface area contributed by atoms with Crippen molar-refractivity contribution in [3.8, 4) is 0 Å². The summed E-state index contributed by atoms with van der Waals surface area (Å²) in [7, 11) is 0. The molecule has 28 heavy (non-hydrogen) atoms. The molecular weight excluding hydrogens is 395 g/mol. The van der Waals surface area contributed by atoms with Crippen molar-refractivity contribution in [3.63, 3.8) is 0 Å². The fourth-order valence-corrected chi connectivity index (χ4v) is 3.35. The summed E-state index contributed by atoms with van der Waals surface area (Å²) in [5, 5.41) is 3.44. The topological polar surface area (TPSA) is 70.7 Å². The molecule has 0 spiro atoms. The first-order chi connectivity index (χ1) is 13.6. The van der Waals surface area contributed by atoms with E-state index < -0.39 is 5.91 Å². The van der Waals surface area contributed by atoms with Crippen LogP contribution < -0.4 is 5.32 Å². The molecule has 1 unspecified atom stereocenters. The summed E-state index contributed by atoms with van der Waals surface area (Å²) in [5.74, 6) is 0.255. The zero-order chi connectivity index (χ0) is 19.5. The first-order valence-corrected chi connectivity index (χ1v) is 9.47. The minimum absolute atomic E-state index is 0.0864. The number of benzene rings is 2. The fraction of sp³-hybridized carbons (Fsp3) is 0.0952. The Labute approximate surface area is 171 Å². The summed E-state index contributed by atoms with van der Waals surface area (Å²) in [6.07, 6.45) is 0.560. The maximum atomic E-state index is 12.8. The molecule has 2 aromatic carbocycles. The van der Waals surface area contributed by atoms with Crippen LogP contribution in [-0.2, 0) is 6.42 Å². The van der Waals surface area contributed by atoms with Crippen molar-refractivity contribution in [2.45, 2.75) is 12.5 Å². The Morgan fingerprint density at radius 3 is 2.50 bits per heavy atom. The largest absolute Gasteiger partial charge is 0.340 e. The van der Waals surface area contributed by atoms with Gasteiger partial charge >= 0.3 is 0 Å². The lowest BCUT2D eigenvalue weighted by molar-refractivity contribution is 0.0930. The van der Waals surface area contributed by atoms with Gasteiger partial charge in [0, 0.05) is 0 Å². The predicted molar refractivity (Wildman–Crippen MR) is 111 cm³/mol. The van der Waals surface area contributed by atoms with Crippen LogP contribution in [0.4, 0.5) is 0 Å². The van der Waals surface area contributed by atoms with Gasteiger partial charge in [-0.25, -0.2) is 9.97 Å². The third-order valence-corrected chi connectivity index (χ3v) is 4.87. The highest BCUT2D eigenvalue weighted by Gasteiger charge is 2.22. The van der Waals surface area contributed by atoms with Crippen molar-refractivity contribution < 1.29 is 4.79 Å². The summed E-state index contributed by atoms with van der Waals surface area (Å²) in [5.41, 5.74) is 2.90. The molecule has 1 amide bonds. The number of nitrogens with zero attached hydrogens (tertiary/aromatic N) is 2. The monoisotopic (exact) mass is 410 g/mol. The highest BCUT2D eigenvalue weighted by molar-refractivity contribution is 6.34. The lowest BCUT2D eigenvalue weighted by Crippen LogP contribution is -2.31. The van der Waals surface area contributed by atoms with Gasteiger partial charge in [-0.1, -0.05) is 65.7 Å². The Hall–Kier alpha value is -2.89. The summed E-state index contributed by atoms with van der Waals surface area (Å²) < 4.78 is 0. The van der Waals surface area contributed by atoms with Crippen LogP contribution in [0.1, 0.15) is 27.9 Å². The Bertz CT molecular complexity index is 1090. The number of halogens is 2. The van der Waals surface area contributed by atoms with Gasteiger partial charge in [-0.3, -0.25) is 4.79 Å². The van der Waals surface area contributed by atoms with Crippen LogP contribution in [0.2, 0.25) is 10.2 Å². The van der Waals surface area contributed by atoms with Gasteiger partial charge < -0.3 is 10.3 Å². The Balaban J connectivity index is 1.68. The second kappa shape index (κ2) is 8.00. The number of imidazole rings is 1. The SMILES string of the molecule is O=C(NC(Cc1ccccc1)c1nc2ccccc2[nH]1)c1nc(Cl)ccc1Cl. The number of carbonyl (C=O) groups is 1. The lowest BCUT2D eigenvalue weighted by atomic mass is 10.1. The molecule has 0 aliphatic heterocycles. The average molecular weight is 411 g/mol. The Morgan fingerprint density at radius 1 is 0.964 bits per heavy atom. The maximum absolute atomic E-state index is 12.8. The van der Waals surface area contributed by atoms with Crippen LogP contribution in [0.5, 0.6) is 0 Å². The molecule has 4 rings (SSSR count). The third kappa shape index (κ3) is 4.01. The molecule has 2 N–H and O–H groups in total. The second-order valence-corrected chi connectivity index (χ2v) is 7.11. The first kappa shape index (κ1) is 18.5. The molecule has 2 heterocycles. The highest BCUT2D eigenvalue weighted by atomic mass is 35.5. The molecule has 2 aromatic heterocycles. The van der Waals surface area contributed by atoms with Crippen LogP contribution >= 0.6 is 23.2 Å². The van der Waals surface area contributed by atoms with E-state index in [0.29, 0.717) is 12.2 Å². The second-order valence-electron chi connectivity index (χ2n) is 6.32. The summed E-state index contributed by atoms with van der Waals surface area (Å²) in [6, 6.07) is 20.3. The lowest BCUT2D eigenvalue weighted by Gasteiger charge is -2.17. The molecule has 5 nitrogen and oxygen atoms in total. The number of amides is 1. The quantitative estimate of drug-likeness (QED) is 0.455. The smallest absolute Gasteiger partial charge is 0.272 e. The molecule has 0 saturated carbocycles. The van der Waals surface area contributed by atoms with Crippen molar-refractivity contribution in [3.05, 3.63) is 94.0 Å². The normalized spacial score (nSPS) is 12.1. The van der Waals surface area contributed by atoms with E-state index in [1.165, 1.54) is 0 Å². The van der Waals surface area contributed by atoms with Gasteiger partial charge in [-0.15, -0.1) is 0 Å². The molecule has 0 saturated heterocycles. The van der Waals surface area contributed by atoms with Gasteiger partial charge in [0.25, 0.3) is 5.91 Å². The number of rotatable bonds is 5. The zero-order valence-electron chi connectivity index (χ0n) is 14.7. The molecule has 0 fully saturated rings. The summed E-state index contributed by atoms with van der Waals surface area (Å²) in [6.45, 7) is 0. The number of aromatic amines is 1. The van der Waals surface area contributed by atoms with Crippen LogP contribution in [0, 0.1) is 0 Å². The van der Waals surface area contributed by atoms with E-state index in [2.05, 4.69) is 20.3 Å². The first-order valence-electron chi connectivity index (χ1n) is 8.71. The number of H-pyrrole nitrogens is 1. The molecule has 140 valence electrons. The van der Waals surface area contributed by atoms with E-state index in [-0.39, 0.29) is 21.9 Å². The number of fused-ring (bicyclic) bond motifs is 1. The number of carbonyl (C=O) groups excluding carboxylic acids is 1. The molecule has 0 aliphatic rings. The fourth-order valence-electron chi connectivity index (χ4n) is 3.01. The van der Waals surface area contributed by atoms with Crippen LogP contribution in [0.3, 0.4) is 0 Å². The molecule has 0 aliphatic carbocycles. The molecule has 0 bridgehead atoms. The number of para-hydroxylation sites is 2. The maximum Gasteiger partial charge on any atom is 0.272 e. The van der Waals surface area contributed by atoms with Crippen molar-refractivity contribution in [1.29, 1.82) is 0 Å². The van der Waals surface area contributed by atoms with Gasteiger partial charge in [0.15, 0.2) is 0 Å². The van der Waals surface area contributed by atoms with E-state index in [0.717, 1.165) is 16.6 Å². The van der Waals surface area contributed by atoms with E-state index in [1.807, 2.05) is 54.6 Å². The predicted octanol–water partition coefficient (Wildman–Crippen LogP) is 4.98. The Kier molecular flexibility index (Phi) is 5.28. The van der Waals surface area contributed by atoms with E-state index in [1.54, 1.807) is 12.1 Å². The van der Waals surface area contributed by atoms with Gasteiger partial charge in [0.05, 0.1) is 22.1 Å². The van der Waals surface area contributed by atoms with Crippen molar-refractivity contribution in [1.82, 2.24) is 20.3 Å². The number of hydrogen-bond acceptors (Lipinski definition) is 3. The van der Waals surface area contributed by atoms with E-state index in [4.69, 9.17) is 23.2 Å². The molecular formula is C21H16Cl2N4O. The zero-order valence-corrected chi connectivity index (χ0v) is 16.2. The molecule has 1 atom stereocenters. The van der Waals surface area contributed by atoms with Crippen molar-refractivity contribution in [2.75, 3.05) is 0 Å². The minimum Gasteiger partial charge on any atom is -0.340 e. The van der Waals surface area contributed by atoms with Gasteiger partial charge in [0.2, 0.25) is 0 Å². The van der Waals surface area contributed by atoms with Crippen molar-refractivity contribution >= 4 is 40.1 Å². The van der Waals surface area contributed by atoms with Crippen LogP contribution in [0.15, 0.2) is 66.7 Å². The third-order valence-electron chi connectivity index (χ3n) is 4.35. The number of nitrogens with one attached hydrogen (secondary N) is 2. The highest BCUT2D eigenvalue weighted by Crippen LogP contribution is 2.22. The number of aromatic nitrogens is 3. The van der Waals surface area contributed by atoms with Gasteiger partial charge in [-0.2, -0.15) is 0 Å². The van der Waals surface area contributed by atoms with Crippen molar-refractivity contribution in [2.24, 2.45) is 0 Å². The van der Waals surface area contributed by atoms with Crippen LogP contribution in [-0.4, -0.2) is 20.9 Å². The Morgan fingerprint density at radius 2 is 1.71 bits per heavy atom. The summed E-state index contributed by atoms with van der Waals surface area (Å²) in [4.78, 5) is 24.8. The van der Waals surface area contributed by atoms with Crippen LogP contribution in [0.25, 0.3) is 11.0 Å². The summed E-state index contributed by atoms with van der Waals surface area (Å²) >= 11 is 12.1. The van der Waals surface area contributed by atoms with E-state index in [9.17, 15) is 4.79 Å². The average Bonchev–Trinajstić information content (AvgIpc) is 3.14. The van der Waals surface area contributed by atoms with E-state index >= 15 is 0 Å². The van der Waals surface area contributed by atoms with Gasteiger partial charge in [0.1, 0.15) is 16.7 Å². The molecule has 0 radical (unpaired) electrons. The molecule has 7 heteroatoms. The molecule has 4 aromatic rings. The number of hydrogen-bond donors (Lipinski definition) is 2. The minimum atomic E-state index is -0.408. The standard InChI is InChI=1S/C21H16Cl2N4O/c22-14-10-11-18(23)27-19(14)21(28)26-17(12-13-6-2-1-3-7-13)20-24-15-8-4-5-9-16(15)25-20/h1-11,17H,12H2,(H,24,25)(H,26,28).